The molecule has 60 heavy (non-hydrogen) atoms. The Bertz CT molecular complexity index is 1170. The number of esters is 2. The number of rotatable bonds is 44. The van der Waals surface area contributed by atoms with Crippen molar-refractivity contribution in [2.75, 3.05) is 13.2 Å². The van der Waals surface area contributed by atoms with Crippen LogP contribution in [-0.2, 0) is 19.1 Å². The molecule has 5 nitrogen and oxygen atoms in total. The molecule has 0 radical (unpaired) electrons. The van der Waals surface area contributed by atoms with Gasteiger partial charge in [0, 0.05) is 12.8 Å². The second kappa shape index (κ2) is 50.2. The van der Waals surface area contributed by atoms with Crippen molar-refractivity contribution in [2.45, 2.75) is 225 Å². The van der Waals surface area contributed by atoms with E-state index in [-0.39, 0.29) is 25.2 Å². The summed E-state index contributed by atoms with van der Waals surface area (Å²) in [7, 11) is 0. The van der Waals surface area contributed by atoms with E-state index in [1.807, 2.05) is 0 Å². The molecule has 0 aliphatic rings. The molecule has 5 heteroatoms. The van der Waals surface area contributed by atoms with Gasteiger partial charge in [0.2, 0.25) is 0 Å². The van der Waals surface area contributed by atoms with E-state index < -0.39 is 6.10 Å². The van der Waals surface area contributed by atoms with Gasteiger partial charge in [-0.05, 0) is 96.3 Å². The number of unbranched alkanes of at least 4 members (excludes halogenated alkanes) is 20. The largest absolute Gasteiger partial charge is 0.462 e. The van der Waals surface area contributed by atoms with Crippen LogP contribution in [0.4, 0.5) is 0 Å². The van der Waals surface area contributed by atoms with Gasteiger partial charge in [-0.1, -0.05) is 207 Å². The maximum absolute atomic E-state index is 12.3. The molecule has 0 saturated heterocycles. The molecule has 1 unspecified atom stereocenters. The third-order valence-corrected chi connectivity index (χ3v) is 10.4. The number of ether oxygens (including phenoxy) is 2. The number of aliphatic hydroxyl groups is 1. The van der Waals surface area contributed by atoms with Crippen LogP contribution in [0.2, 0.25) is 0 Å². The van der Waals surface area contributed by atoms with E-state index in [1.165, 1.54) is 103 Å². The first-order valence-corrected chi connectivity index (χ1v) is 24.8. The lowest BCUT2D eigenvalue weighted by Crippen LogP contribution is -2.28. The number of carbonyl (C=O) groups is 2. The Balaban J connectivity index is 3.58. The lowest BCUT2D eigenvalue weighted by atomic mass is 10.1. The predicted octanol–water partition coefficient (Wildman–Crippen LogP) is 16.4. The first-order valence-electron chi connectivity index (χ1n) is 24.8. The topological polar surface area (TPSA) is 72.8 Å². The van der Waals surface area contributed by atoms with Crippen molar-refractivity contribution in [1.82, 2.24) is 0 Å². The minimum Gasteiger partial charge on any atom is -0.462 e. The lowest BCUT2D eigenvalue weighted by molar-refractivity contribution is -0.161. The highest BCUT2D eigenvalue weighted by Gasteiger charge is 2.16. The third-order valence-electron chi connectivity index (χ3n) is 10.4. The molecule has 0 heterocycles. The molecule has 0 fully saturated rings. The van der Waals surface area contributed by atoms with Gasteiger partial charge in [0.05, 0.1) is 6.61 Å². The first kappa shape index (κ1) is 56.8. The molecular formula is C55H92O5. The number of hydrogen-bond acceptors (Lipinski definition) is 5. The molecule has 0 aromatic rings. The van der Waals surface area contributed by atoms with Gasteiger partial charge in [-0.15, -0.1) is 0 Å². The highest BCUT2D eigenvalue weighted by molar-refractivity contribution is 5.70. The molecule has 0 aromatic heterocycles. The van der Waals surface area contributed by atoms with Crippen LogP contribution in [0.25, 0.3) is 0 Å². The van der Waals surface area contributed by atoms with Gasteiger partial charge in [-0.25, -0.2) is 0 Å². The Kier molecular flexibility index (Phi) is 47.5. The monoisotopic (exact) mass is 833 g/mol. The molecule has 0 rings (SSSR count). The normalized spacial score (nSPS) is 13.1. The smallest absolute Gasteiger partial charge is 0.306 e. The summed E-state index contributed by atoms with van der Waals surface area (Å²) in [5.41, 5.74) is 0. The van der Waals surface area contributed by atoms with Gasteiger partial charge in [-0.3, -0.25) is 9.59 Å². The maximum Gasteiger partial charge on any atom is 0.306 e. The molecule has 342 valence electrons. The van der Waals surface area contributed by atoms with E-state index in [9.17, 15) is 14.7 Å². The van der Waals surface area contributed by atoms with Gasteiger partial charge in [-0.2, -0.15) is 0 Å². The first-order chi connectivity index (χ1) is 29.6. The second-order valence-electron chi connectivity index (χ2n) is 16.2. The average Bonchev–Trinajstić information content (AvgIpc) is 3.25. The Hall–Kier alpha value is -3.18. The Morgan fingerprint density at radius 1 is 0.400 bits per heavy atom. The van der Waals surface area contributed by atoms with Gasteiger partial charge in [0.15, 0.2) is 6.10 Å². The highest BCUT2D eigenvalue weighted by Crippen LogP contribution is 2.14. The van der Waals surface area contributed by atoms with E-state index in [2.05, 4.69) is 111 Å². The van der Waals surface area contributed by atoms with Crippen LogP contribution in [0.3, 0.4) is 0 Å². The van der Waals surface area contributed by atoms with Crippen molar-refractivity contribution in [3.8, 4) is 0 Å². The van der Waals surface area contributed by atoms with Crippen molar-refractivity contribution >= 4 is 11.9 Å². The van der Waals surface area contributed by atoms with Crippen molar-refractivity contribution in [3.05, 3.63) is 97.2 Å². The summed E-state index contributed by atoms with van der Waals surface area (Å²) in [4.78, 5) is 24.4. The molecule has 0 aromatic carbocycles. The number of carbonyl (C=O) groups excluding carboxylic acids is 2. The fourth-order valence-electron chi connectivity index (χ4n) is 6.65. The Morgan fingerprint density at radius 2 is 0.717 bits per heavy atom. The third kappa shape index (κ3) is 47.5. The molecule has 0 saturated carbocycles. The van der Waals surface area contributed by atoms with Crippen LogP contribution in [0.5, 0.6) is 0 Å². The van der Waals surface area contributed by atoms with Crippen LogP contribution in [-0.4, -0.2) is 36.4 Å². The van der Waals surface area contributed by atoms with Gasteiger partial charge in [0.25, 0.3) is 0 Å². The number of aliphatic hydroxyl groups excluding tert-OH is 1. The minimum absolute atomic E-state index is 0.0763. The fourth-order valence-corrected chi connectivity index (χ4v) is 6.65. The maximum atomic E-state index is 12.3. The van der Waals surface area contributed by atoms with Gasteiger partial charge >= 0.3 is 11.9 Å². The van der Waals surface area contributed by atoms with E-state index in [1.54, 1.807) is 0 Å². The zero-order chi connectivity index (χ0) is 43.5. The van der Waals surface area contributed by atoms with Crippen LogP contribution >= 0.6 is 0 Å². The van der Waals surface area contributed by atoms with Crippen molar-refractivity contribution < 1.29 is 24.2 Å². The van der Waals surface area contributed by atoms with Crippen molar-refractivity contribution in [1.29, 1.82) is 0 Å². The van der Waals surface area contributed by atoms with E-state index in [0.717, 1.165) is 89.9 Å². The van der Waals surface area contributed by atoms with Crippen LogP contribution in [0.1, 0.15) is 219 Å². The van der Waals surface area contributed by atoms with Crippen LogP contribution in [0.15, 0.2) is 97.2 Å². The summed E-state index contributed by atoms with van der Waals surface area (Å²) in [5, 5.41) is 9.62. The second-order valence-corrected chi connectivity index (χ2v) is 16.2. The minimum atomic E-state index is -0.785. The quantitative estimate of drug-likeness (QED) is 0.0376. The Morgan fingerprint density at radius 3 is 1.08 bits per heavy atom. The van der Waals surface area contributed by atoms with Crippen molar-refractivity contribution in [2.24, 2.45) is 0 Å². The molecule has 1 atom stereocenters. The highest BCUT2D eigenvalue weighted by atomic mass is 16.6. The molecular weight excluding hydrogens is 741 g/mol. The standard InChI is InChI=1S/C55H92O5/c1-3-5-7-9-11-13-15-17-19-21-23-24-25-26-27-28-29-30-32-34-36-38-40-42-44-46-48-50-55(58)60-53(51-56)52-59-54(57)49-47-45-43-41-39-37-35-33-31-22-20-18-16-14-12-10-8-6-4-2/h5,7,11-14,17-20,23-24,26-27,29-30,53,56H,3-4,6,8-10,15-16,21-22,25,28,31-52H2,1-2H3/b7-5-,13-11-,14-12-,19-17-,20-18-,24-23-,27-26-,30-29-. The van der Waals surface area contributed by atoms with E-state index >= 15 is 0 Å². The molecule has 0 bridgehead atoms. The van der Waals surface area contributed by atoms with Gasteiger partial charge in [0.1, 0.15) is 6.61 Å². The van der Waals surface area contributed by atoms with E-state index in [4.69, 9.17) is 9.47 Å². The molecule has 0 aliphatic heterocycles. The summed E-state index contributed by atoms with van der Waals surface area (Å²) >= 11 is 0. The summed E-state index contributed by atoms with van der Waals surface area (Å²) in [6.45, 7) is 3.99. The SMILES string of the molecule is CC/C=C\C/C=C\C/C=C\C/C=C\C/C=C\C/C=C\CCCCCCCCCCC(=O)OC(CO)COC(=O)CCCCCCCCCCC/C=C\C/C=C\CCCCC. The summed E-state index contributed by atoms with van der Waals surface area (Å²) in [5.74, 6) is -0.608. The number of hydrogen-bond donors (Lipinski definition) is 1. The fraction of sp³-hybridized carbons (Fsp3) is 0.673. The zero-order valence-electron chi connectivity index (χ0n) is 38.9. The van der Waals surface area contributed by atoms with Crippen LogP contribution in [0, 0.1) is 0 Å². The molecule has 0 aliphatic carbocycles. The average molecular weight is 833 g/mol. The predicted molar refractivity (Wildman–Crippen MR) is 260 cm³/mol. The van der Waals surface area contributed by atoms with Gasteiger partial charge < -0.3 is 14.6 Å². The lowest BCUT2D eigenvalue weighted by Gasteiger charge is -2.15. The van der Waals surface area contributed by atoms with Crippen LogP contribution < -0.4 is 0 Å². The zero-order valence-corrected chi connectivity index (χ0v) is 38.9. The molecule has 0 spiro atoms. The van der Waals surface area contributed by atoms with E-state index in [0.29, 0.717) is 12.8 Å². The molecule has 0 amide bonds. The Labute approximate surface area is 370 Å². The molecule has 1 N–H and O–H groups in total. The number of allylic oxidation sites excluding steroid dienone is 16. The summed E-state index contributed by atoms with van der Waals surface area (Å²) in [6.07, 6.45) is 70.6. The summed E-state index contributed by atoms with van der Waals surface area (Å²) < 4.78 is 10.7. The van der Waals surface area contributed by atoms with Crippen molar-refractivity contribution in [3.63, 3.8) is 0 Å². The summed E-state index contributed by atoms with van der Waals surface area (Å²) in [6, 6.07) is 0.